The number of nitrogens with one attached hydrogen (secondary N) is 1. The van der Waals surface area contributed by atoms with E-state index in [2.05, 4.69) is 19.2 Å². The molecule has 0 spiro atoms. The van der Waals surface area contributed by atoms with E-state index in [4.69, 9.17) is 4.42 Å². The molecule has 0 bridgehead atoms. The number of benzene rings is 1. The van der Waals surface area contributed by atoms with Crippen LogP contribution < -0.4 is 5.32 Å². The molecule has 1 aromatic heterocycles. The van der Waals surface area contributed by atoms with E-state index < -0.39 is 0 Å². The predicted molar refractivity (Wildman–Crippen MR) is 76.7 cm³/mol. The molecule has 108 valence electrons. The van der Waals surface area contributed by atoms with Gasteiger partial charge < -0.3 is 14.8 Å². The zero-order chi connectivity index (χ0) is 14.5. The van der Waals surface area contributed by atoms with Crippen LogP contribution in [0.2, 0.25) is 0 Å². The molecule has 0 fully saturated rings. The molecule has 2 aromatic rings. The molecule has 1 unspecified atom stereocenters. The van der Waals surface area contributed by atoms with Gasteiger partial charge in [0.05, 0.1) is 13.2 Å². The van der Waals surface area contributed by atoms with Crippen molar-refractivity contribution in [1.29, 1.82) is 0 Å². The van der Waals surface area contributed by atoms with E-state index in [0.717, 1.165) is 11.3 Å². The summed E-state index contributed by atoms with van der Waals surface area (Å²) in [5, 5.41) is 12.5. The Labute approximate surface area is 118 Å². The Morgan fingerprint density at radius 1 is 1.15 bits per heavy atom. The van der Waals surface area contributed by atoms with Gasteiger partial charge in [-0.15, -0.1) is 0 Å². The Kier molecular flexibility index (Phi) is 4.93. The van der Waals surface area contributed by atoms with E-state index >= 15 is 0 Å². The van der Waals surface area contributed by atoms with Crippen LogP contribution in [0.5, 0.6) is 0 Å². The first-order valence-electron chi connectivity index (χ1n) is 6.79. The fraction of sp³-hybridized carbons (Fsp3) is 0.375. The molecule has 0 radical (unpaired) electrons. The summed E-state index contributed by atoms with van der Waals surface area (Å²) in [5.41, 5.74) is 0.847. The molecule has 20 heavy (non-hydrogen) atoms. The third-order valence-electron chi connectivity index (χ3n) is 3.33. The monoisotopic (exact) mass is 277 g/mol. The number of furan rings is 1. The normalized spacial score (nSPS) is 12.8. The van der Waals surface area contributed by atoms with Crippen LogP contribution in [0.1, 0.15) is 19.6 Å². The Morgan fingerprint density at radius 3 is 2.45 bits per heavy atom. The average molecular weight is 277 g/mol. The smallest absolute Gasteiger partial charge is 0.134 e. The van der Waals surface area contributed by atoms with Gasteiger partial charge in [-0.05, 0) is 42.3 Å². The first kappa shape index (κ1) is 14.8. The van der Waals surface area contributed by atoms with Crippen molar-refractivity contribution in [3.63, 3.8) is 0 Å². The van der Waals surface area contributed by atoms with Crippen molar-refractivity contribution in [1.82, 2.24) is 5.32 Å². The van der Waals surface area contributed by atoms with Crippen molar-refractivity contribution in [2.24, 2.45) is 5.92 Å². The lowest BCUT2D eigenvalue weighted by Crippen LogP contribution is -2.36. The standard InChI is InChI=1S/C16H20FNO2/c1-11(2)15(10-19)18-9-14-7-8-16(20-14)12-3-5-13(17)6-4-12/h3-8,11,15,18-19H,9-10H2,1-2H3. The SMILES string of the molecule is CC(C)C(CO)NCc1ccc(-c2ccc(F)cc2)o1. The summed E-state index contributed by atoms with van der Waals surface area (Å²) in [4.78, 5) is 0. The van der Waals surface area contributed by atoms with E-state index in [0.29, 0.717) is 18.2 Å². The molecule has 1 atom stereocenters. The van der Waals surface area contributed by atoms with Crippen LogP contribution in [0.15, 0.2) is 40.8 Å². The minimum atomic E-state index is -0.259. The summed E-state index contributed by atoms with van der Waals surface area (Å²) >= 11 is 0. The maximum absolute atomic E-state index is 12.9. The van der Waals surface area contributed by atoms with E-state index in [-0.39, 0.29) is 18.5 Å². The summed E-state index contributed by atoms with van der Waals surface area (Å²) in [6.45, 7) is 4.77. The molecular formula is C16H20FNO2. The Morgan fingerprint density at radius 2 is 1.85 bits per heavy atom. The van der Waals surface area contributed by atoms with E-state index in [1.54, 1.807) is 12.1 Å². The topological polar surface area (TPSA) is 45.4 Å². The van der Waals surface area contributed by atoms with Crippen molar-refractivity contribution in [3.05, 3.63) is 48.0 Å². The maximum atomic E-state index is 12.9. The predicted octanol–water partition coefficient (Wildman–Crippen LogP) is 3.19. The van der Waals surface area contributed by atoms with Crippen LogP contribution in [0.4, 0.5) is 4.39 Å². The second kappa shape index (κ2) is 6.68. The van der Waals surface area contributed by atoms with Gasteiger partial charge in [0.1, 0.15) is 17.3 Å². The first-order valence-corrected chi connectivity index (χ1v) is 6.79. The number of hydrogen-bond acceptors (Lipinski definition) is 3. The molecule has 0 aliphatic heterocycles. The molecule has 0 saturated heterocycles. The van der Waals surface area contributed by atoms with Gasteiger partial charge >= 0.3 is 0 Å². The largest absolute Gasteiger partial charge is 0.460 e. The molecular weight excluding hydrogens is 257 g/mol. The highest BCUT2D eigenvalue weighted by Gasteiger charge is 2.12. The summed E-state index contributed by atoms with van der Waals surface area (Å²) in [5.74, 6) is 1.60. The Balaban J connectivity index is 2.00. The van der Waals surface area contributed by atoms with Crippen LogP contribution in [0, 0.1) is 11.7 Å². The summed E-state index contributed by atoms with van der Waals surface area (Å²) < 4.78 is 18.6. The van der Waals surface area contributed by atoms with Crippen LogP contribution in [0.25, 0.3) is 11.3 Å². The van der Waals surface area contributed by atoms with Crippen molar-refractivity contribution < 1.29 is 13.9 Å². The molecule has 4 heteroatoms. The lowest BCUT2D eigenvalue weighted by molar-refractivity contribution is 0.207. The second-order valence-corrected chi connectivity index (χ2v) is 5.19. The summed E-state index contributed by atoms with van der Waals surface area (Å²) in [6.07, 6.45) is 0. The number of rotatable bonds is 6. The molecule has 1 aromatic carbocycles. The highest BCUT2D eigenvalue weighted by Crippen LogP contribution is 2.22. The molecule has 0 amide bonds. The molecule has 2 N–H and O–H groups in total. The van der Waals surface area contributed by atoms with E-state index in [1.807, 2.05) is 12.1 Å². The molecule has 0 aliphatic carbocycles. The maximum Gasteiger partial charge on any atom is 0.134 e. The molecule has 0 aliphatic rings. The number of hydrogen-bond donors (Lipinski definition) is 2. The van der Waals surface area contributed by atoms with Gasteiger partial charge in [-0.3, -0.25) is 0 Å². The van der Waals surface area contributed by atoms with Crippen LogP contribution in [0.3, 0.4) is 0 Å². The minimum Gasteiger partial charge on any atom is -0.460 e. The van der Waals surface area contributed by atoms with Gasteiger partial charge in [-0.25, -0.2) is 4.39 Å². The third-order valence-corrected chi connectivity index (χ3v) is 3.33. The zero-order valence-corrected chi connectivity index (χ0v) is 11.8. The van der Waals surface area contributed by atoms with Crippen molar-refractivity contribution in [2.75, 3.05) is 6.61 Å². The van der Waals surface area contributed by atoms with Crippen molar-refractivity contribution >= 4 is 0 Å². The lowest BCUT2D eigenvalue weighted by Gasteiger charge is -2.19. The number of aliphatic hydroxyl groups is 1. The fourth-order valence-electron chi connectivity index (χ4n) is 1.98. The highest BCUT2D eigenvalue weighted by molar-refractivity contribution is 5.57. The van der Waals surface area contributed by atoms with E-state index in [9.17, 15) is 9.50 Å². The minimum absolute atomic E-state index is 0.0503. The quantitative estimate of drug-likeness (QED) is 0.852. The highest BCUT2D eigenvalue weighted by atomic mass is 19.1. The van der Waals surface area contributed by atoms with Crippen molar-refractivity contribution in [3.8, 4) is 11.3 Å². The number of aliphatic hydroxyl groups excluding tert-OH is 1. The fourth-order valence-corrected chi connectivity index (χ4v) is 1.98. The van der Waals surface area contributed by atoms with Gasteiger partial charge in [0.2, 0.25) is 0 Å². The lowest BCUT2D eigenvalue weighted by atomic mass is 10.1. The molecule has 0 saturated carbocycles. The van der Waals surface area contributed by atoms with Crippen molar-refractivity contribution in [2.45, 2.75) is 26.4 Å². The van der Waals surface area contributed by atoms with Gasteiger partial charge in [-0.1, -0.05) is 13.8 Å². The Bertz CT molecular complexity index is 534. The molecule has 1 heterocycles. The van der Waals surface area contributed by atoms with Gasteiger partial charge in [0.25, 0.3) is 0 Å². The van der Waals surface area contributed by atoms with Crippen LogP contribution >= 0.6 is 0 Å². The van der Waals surface area contributed by atoms with Gasteiger partial charge in [0, 0.05) is 11.6 Å². The van der Waals surface area contributed by atoms with Crippen LogP contribution in [-0.4, -0.2) is 17.8 Å². The summed E-state index contributed by atoms with van der Waals surface area (Å²) in [7, 11) is 0. The average Bonchev–Trinajstić information content (AvgIpc) is 2.89. The first-order chi connectivity index (χ1) is 9.60. The zero-order valence-electron chi connectivity index (χ0n) is 11.8. The summed E-state index contributed by atoms with van der Waals surface area (Å²) in [6, 6.07) is 10.0. The molecule has 3 nitrogen and oxygen atoms in total. The molecule has 2 rings (SSSR count). The third kappa shape index (κ3) is 3.68. The van der Waals surface area contributed by atoms with Gasteiger partial charge in [-0.2, -0.15) is 0 Å². The van der Waals surface area contributed by atoms with Crippen LogP contribution in [-0.2, 0) is 6.54 Å². The van der Waals surface area contributed by atoms with Gasteiger partial charge in [0.15, 0.2) is 0 Å². The second-order valence-electron chi connectivity index (χ2n) is 5.19. The number of halogens is 1. The van der Waals surface area contributed by atoms with E-state index in [1.165, 1.54) is 12.1 Å². The Hall–Kier alpha value is -1.65.